The molecule has 2 heteroatoms. The first kappa shape index (κ1) is 11.8. The number of halogens is 1. The van der Waals surface area contributed by atoms with Crippen LogP contribution in [0, 0.1) is 5.92 Å². The van der Waals surface area contributed by atoms with Crippen LogP contribution in [0.3, 0.4) is 0 Å². The number of Topliss-reactive ketones (excluding diaryl/α,β-unsaturated/α-hetero) is 1. The van der Waals surface area contributed by atoms with Crippen molar-refractivity contribution in [3.63, 3.8) is 0 Å². The molecule has 0 aliphatic heterocycles. The van der Waals surface area contributed by atoms with Gasteiger partial charge in [0.2, 0.25) is 0 Å². The molecule has 0 radical (unpaired) electrons. The van der Waals surface area contributed by atoms with Crippen molar-refractivity contribution in [1.82, 2.24) is 0 Å². The Hall–Kier alpha value is -0.630. The number of benzene rings is 1. The highest BCUT2D eigenvalue weighted by Gasteiger charge is 2.21. The molecule has 1 saturated carbocycles. The summed E-state index contributed by atoms with van der Waals surface area (Å²) in [6, 6.07) is 7.77. The molecule has 0 spiro atoms. The standard InChI is InChI=1S/C14H17BrO/c15-13-9-5-8-12(10-13)14(16)11-6-3-1-2-4-7-11/h5,8-11H,1-4,6-7H2. The second kappa shape index (κ2) is 5.62. The number of hydrogen-bond acceptors (Lipinski definition) is 1. The highest BCUT2D eigenvalue weighted by atomic mass is 79.9. The molecule has 0 N–H and O–H groups in total. The van der Waals surface area contributed by atoms with Crippen LogP contribution in [0.4, 0.5) is 0 Å². The summed E-state index contributed by atoms with van der Waals surface area (Å²) in [5, 5.41) is 0. The largest absolute Gasteiger partial charge is 0.294 e. The van der Waals surface area contributed by atoms with Gasteiger partial charge in [-0.3, -0.25) is 4.79 Å². The zero-order valence-corrected chi connectivity index (χ0v) is 11.0. The van der Waals surface area contributed by atoms with Gasteiger partial charge in [0.1, 0.15) is 0 Å². The summed E-state index contributed by atoms with van der Waals surface area (Å²) in [6.45, 7) is 0. The Kier molecular flexibility index (Phi) is 4.16. The second-order valence-electron chi connectivity index (χ2n) is 4.56. The van der Waals surface area contributed by atoms with Crippen LogP contribution in [0.1, 0.15) is 48.9 Å². The van der Waals surface area contributed by atoms with E-state index in [2.05, 4.69) is 15.9 Å². The molecule has 0 saturated heterocycles. The third-order valence-corrected chi connectivity index (χ3v) is 3.83. The zero-order chi connectivity index (χ0) is 11.4. The molecule has 0 aromatic heterocycles. The summed E-state index contributed by atoms with van der Waals surface area (Å²) in [5.74, 6) is 0.597. The van der Waals surface area contributed by atoms with Gasteiger partial charge in [-0.15, -0.1) is 0 Å². The molecular formula is C14H17BrO. The number of carbonyl (C=O) groups is 1. The van der Waals surface area contributed by atoms with Crippen LogP contribution in [-0.2, 0) is 0 Å². The Morgan fingerprint density at radius 1 is 1.12 bits per heavy atom. The fraction of sp³-hybridized carbons (Fsp3) is 0.500. The van der Waals surface area contributed by atoms with Crippen molar-refractivity contribution < 1.29 is 4.79 Å². The van der Waals surface area contributed by atoms with Crippen LogP contribution in [0.15, 0.2) is 28.7 Å². The maximum absolute atomic E-state index is 12.3. The number of carbonyl (C=O) groups excluding carboxylic acids is 1. The van der Waals surface area contributed by atoms with Crippen molar-refractivity contribution in [2.75, 3.05) is 0 Å². The third-order valence-electron chi connectivity index (χ3n) is 3.34. The molecule has 0 bridgehead atoms. The Labute approximate surface area is 105 Å². The lowest BCUT2D eigenvalue weighted by atomic mass is 9.91. The van der Waals surface area contributed by atoms with Crippen LogP contribution in [0.2, 0.25) is 0 Å². The van der Waals surface area contributed by atoms with Gasteiger partial charge >= 0.3 is 0 Å². The fourth-order valence-corrected chi connectivity index (χ4v) is 2.82. The van der Waals surface area contributed by atoms with E-state index in [-0.39, 0.29) is 5.92 Å². The molecule has 0 atom stereocenters. The summed E-state index contributed by atoms with van der Waals surface area (Å²) < 4.78 is 0.993. The molecule has 1 aliphatic rings. The molecular weight excluding hydrogens is 264 g/mol. The van der Waals surface area contributed by atoms with Gasteiger partial charge in [0, 0.05) is 16.0 Å². The monoisotopic (exact) mass is 280 g/mol. The SMILES string of the molecule is O=C(c1cccc(Br)c1)C1CCCCCC1. The van der Waals surface area contributed by atoms with E-state index in [1.54, 1.807) is 0 Å². The van der Waals surface area contributed by atoms with Crippen LogP contribution in [0.25, 0.3) is 0 Å². The lowest BCUT2D eigenvalue weighted by Gasteiger charge is -2.12. The summed E-state index contributed by atoms with van der Waals surface area (Å²) in [6.07, 6.45) is 7.16. The van der Waals surface area contributed by atoms with E-state index in [0.717, 1.165) is 22.9 Å². The Morgan fingerprint density at radius 3 is 2.44 bits per heavy atom. The summed E-state index contributed by atoms with van der Waals surface area (Å²) in [7, 11) is 0. The van der Waals surface area contributed by atoms with E-state index >= 15 is 0 Å². The van der Waals surface area contributed by atoms with Gasteiger partial charge in [-0.05, 0) is 25.0 Å². The lowest BCUT2D eigenvalue weighted by Crippen LogP contribution is -2.13. The van der Waals surface area contributed by atoms with Gasteiger partial charge in [0.15, 0.2) is 5.78 Å². The minimum atomic E-state index is 0.261. The van der Waals surface area contributed by atoms with E-state index in [9.17, 15) is 4.79 Å². The van der Waals surface area contributed by atoms with Crippen molar-refractivity contribution in [3.05, 3.63) is 34.3 Å². The maximum atomic E-state index is 12.3. The summed E-state index contributed by atoms with van der Waals surface area (Å²) in [4.78, 5) is 12.3. The van der Waals surface area contributed by atoms with E-state index in [1.165, 1.54) is 25.7 Å². The van der Waals surface area contributed by atoms with Crippen LogP contribution < -0.4 is 0 Å². The highest BCUT2D eigenvalue weighted by molar-refractivity contribution is 9.10. The summed E-state index contributed by atoms with van der Waals surface area (Å²) in [5.41, 5.74) is 0.862. The van der Waals surface area contributed by atoms with Crippen molar-refractivity contribution in [2.24, 2.45) is 5.92 Å². The van der Waals surface area contributed by atoms with Gasteiger partial charge in [-0.1, -0.05) is 53.7 Å². The maximum Gasteiger partial charge on any atom is 0.165 e. The van der Waals surface area contributed by atoms with E-state index in [4.69, 9.17) is 0 Å². The summed E-state index contributed by atoms with van der Waals surface area (Å²) >= 11 is 3.42. The van der Waals surface area contributed by atoms with Gasteiger partial charge in [0.25, 0.3) is 0 Å². The molecule has 0 unspecified atom stereocenters. The normalized spacial score (nSPS) is 18.1. The van der Waals surface area contributed by atoms with E-state index in [0.29, 0.717) is 5.78 Å². The average molecular weight is 281 g/mol. The molecule has 2 rings (SSSR count). The minimum Gasteiger partial charge on any atom is -0.294 e. The minimum absolute atomic E-state index is 0.261. The lowest BCUT2D eigenvalue weighted by molar-refractivity contribution is 0.0908. The van der Waals surface area contributed by atoms with Crippen LogP contribution >= 0.6 is 15.9 Å². The molecule has 1 fully saturated rings. The van der Waals surface area contributed by atoms with E-state index < -0.39 is 0 Å². The first-order valence-corrected chi connectivity index (χ1v) is 6.86. The Balaban J connectivity index is 2.11. The molecule has 0 amide bonds. The molecule has 1 nitrogen and oxygen atoms in total. The van der Waals surface area contributed by atoms with Crippen molar-refractivity contribution in [3.8, 4) is 0 Å². The van der Waals surface area contributed by atoms with Crippen molar-refractivity contribution in [1.29, 1.82) is 0 Å². The number of rotatable bonds is 2. The van der Waals surface area contributed by atoms with Crippen LogP contribution in [-0.4, -0.2) is 5.78 Å². The molecule has 0 heterocycles. The van der Waals surface area contributed by atoms with Gasteiger partial charge in [-0.2, -0.15) is 0 Å². The third kappa shape index (κ3) is 2.94. The first-order chi connectivity index (χ1) is 7.77. The quantitative estimate of drug-likeness (QED) is 0.572. The first-order valence-electron chi connectivity index (χ1n) is 6.07. The van der Waals surface area contributed by atoms with Gasteiger partial charge in [0.05, 0.1) is 0 Å². The predicted molar refractivity (Wildman–Crippen MR) is 69.7 cm³/mol. The fourth-order valence-electron chi connectivity index (χ4n) is 2.42. The zero-order valence-electron chi connectivity index (χ0n) is 9.42. The molecule has 16 heavy (non-hydrogen) atoms. The number of hydrogen-bond donors (Lipinski definition) is 0. The Morgan fingerprint density at radius 2 is 1.81 bits per heavy atom. The highest BCUT2D eigenvalue weighted by Crippen LogP contribution is 2.26. The number of ketones is 1. The topological polar surface area (TPSA) is 17.1 Å². The molecule has 1 aromatic rings. The predicted octanol–water partition coefficient (Wildman–Crippen LogP) is 4.60. The van der Waals surface area contributed by atoms with Crippen molar-refractivity contribution >= 4 is 21.7 Å². The van der Waals surface area contributed by atoms with Crippen LogP contribution in [0.5, 0.6) is 0 Å². The van der Waals surface area contributed by atoms with E-state index in [1.807, 2.05) is 24.3 Å². The smallest absolute Gasteiger partial charge is 0.165 e. The Bertz CT molecular complexity index is 365. The van der Waals surface area contributed by atoms with Crippen molar-refractivity contribution in [2.45, 2.75) is 38.5 Å². The molecule has 1 aromatic carbocycles. The van der Waals surface area contributed by atoms with Gasteiger partial charge < -0.3 is 0 Å². The molecule has 86 valence electrons. The average Bonchev–Trinajstić information content (AvgIpc) is 2.56. The molecule has 1 aliphatic carbocycles. The second-order valence-corrected chi connectivity index (χ2v) is 5.48. The van der Waals surface area contributed by atoms with Gasteiger partial charge in [-0.25, -0.2) is 0 Å².